The third-order valence-corrected chi connectivity index (χ3v) is 4.28. The summed E-state index contributed by atoms with van der Waals surface area (Å²) in [5, 5.41) is 5.21. The number of nitrogens with one attached hydrogen (secondary N) is 2. The molecule has 0 saturated heterocycles. The third-order valence-electron chi connectivity index (χ3n) is 4.28. The molecule has 0 saturated carbocycles. The van der Waals surface area contributed by atoms with Crippen LogP contribution in [0, 0.1) is 0 Å². The van der Waals surface area contributed by atoms with Crippen LogP contribution in [0.2, 0.25) is 0 Å². The predicted octanol–water partition coefficient (Wildman–Crippen LogP) is 3.72. The highest BCUT2D eigenvalue weighted by molar-refractivity contribution is 5.86. The average Bonchev–Trinajstić information content (AvgIpc) is 2.65. The first kappa shape index (κ1) is 11.8. The van der Waals surface area contributed by atoms with Crippen LogP contribution in [0.3, 0.4) is 0 Å². The van der Waals surface area contributed by atoms with E-state index in [0.717, 1.165) is 12.8 Å². The number of fused-ring (bicyclic) bond motifs is 3. The molecule has 96 valence electrons. The molecule has 2 N–H and O–H groups in total. The quantitative estimate of drug-likeness (QED) is 0.783. The third kappa shape index (κ3) is 1.59. The van der Waals surface area contributed by atoms with Crippen molar-refractivity contribution in [1.29, 1.82) is 0 Å². The molecule has 0 amide bonds. The molecule has 1 aliphatic rings. The van der Waals surface area contributed by atoms with E-state index in [4.69, 9.17) is 0 Å². The molecule has 1 aliphatic heterocycles. The topological polar surface area (TPSA) is 27.8 Å². The van der Waals surface area contributed by atoms with Crippen molar-refractivity contribution in [1.82, 2.24) is 10.3 Å². The van der Waals surface area contributed by atoms with E-state index in [9.17, 15) is 0 Å². The van der Waals surface area contributed by atoms with Crippen LogP contribution in [0.4, 0.5) is 0 Å². The van der Waals surface area contributed by atoms with Crippen molar-refractivity contribution >= 4 is 10.9 Å². The molecule has 0 fully saturated rings. The Balaban J connectivity index is 2.30. The SMILES string of the molecule is CCC1(C)NC(C)(C)Cc2[nH]c3ccccc3c21. The Kier molecular flexibility index (Phi) is 2.36. The molecule has 3 rings (SSSR count). The Bertz CT molecular complexity index is 594. The van der Waals surface area contributed by atoms with E-state index >= 15 is 0 Å². The maximum absolute atomic E-state index is 3.83. The lowest BCUT2D eigenvalue weighted by Gasteiger charge is -2.44. The van der Waals surface area contributed by atoms with Crippen molar-refractivity contribution in [3.05, 3.63) is 35.5 Å². The Morgan fingerprint density at radius 2 is 1.89 bits per heavy atom. The lowest BCUT2D eigenvalue weighted by Crippen LogP contribution is -2.56. The van der Waals surface area contributed by atoms with E-state index in [1.54, 1.807) is 0 Å². The predicted molar refractivity (Wildman–Crippen MR) is 76.9 cm³/mol. The van der Waals surface area contributed by atoms with Gasteiger partial charge in [0.15, 0.2) is 0 Å². The Morgan fingerprint density at radius 3 is 2.61 bits per heavy atom. The first-order valence-electron chi connectivity index (χ1n) is 6.85. The van der Waals surface area contributed by atoms with E-state index in [-0.39, 0.29) is 11.1 Å². The highest BCUT2D eigenvalue weighted by Crippen LogP contribution is 2.40. The summed E-state index contributed by atoms with van der Waals surface area (Å²) in [6.07, 6.45) is 2.16. The standard InChI is InChI=1S/C16H22N2/c1-5-16(4)14-11-8-6-7-9-12(11)17-13(14)10-15(2,3)18-16/h6-9,17-18H,5,10H2,1-4H3. The van der Waals surface area contributed by atoms with Gasteiger partial charge in [0, 0.05) is 39.7 Å². The summed E-state index contributed by atoms with van der Waals surface area (Å²) in [4.78, 5) is 3.62. The van der Waals surface area contributed by atoms with Gasteiger partial charge in [0.1, 0.15) is 0 Å². The van der Waals surface area contributed by atoms with Gasteiger partial charge in [-0.3, -0.25) is 0 Å². The van der Waals surface area contributed by atoms with E-state index in [0.29, 0.717) is 0 Å². The van der Waals surface area contributed by atoms with Crippen molar-refractivity contribution in [2.45, 2.75) is 51.6 Å². The minimum atomic E-state index is 0.0662. The fourth-order valence-corrected chi connectivity index (χ4v) is 3.52. The van der Waals surface area contributed by atoms with Gasteiger partial charge in [-0.25, -0.2) is 0 Å². The molecule has 2 heteroatoms. The summed E-state index contributed by atoms with van der Waals surface area (Å²) in [6, 6.07) is 8.65. The first-order chi connectivity index (χ1) is 8.45. The van der Waals surface area contributed by atoms with Crippen LogP contribution in [0.1, 0.15) is 45.4 Å². The fraction of sp³-hybridized carbons (Fsp3) is 0.500. The van der Waals surface area contributed by atoms with E-state index in [2.05, 4.69) is 62.3 Å². The van der Waals surface area contributed by atoms with Crippen molar-refractivity contribution in [3.63, 3.8) is 0 Å². The molecule has 2 aromatic rings. The van der Waals surface area contributed by atoms with Crippen LogP contribution in [-0.2, 0) is 12.0 Å². The van der Waals surface area contributed by atoms with Gasteiger partial charge >= 0.3 is 0 Å². The number of aromatic amines is 1. The highest BCUT2D eigenvalue weighted by atomic mass is 15.1. The number of para-hydroxylation sites is 1. The molecule has 0 radical (unpaired) electrons. The van der Waals surface area contributed by atoms with Crippen LogP contribution in [0.25, 0.3) is 10.9 Å². The number of aromatic nitrogens is 1. The largest absolute Gasteiger partial charge is 0.358 e. The van der Waals surface area contributed by atoms with Gasteiger partial charge in [-0.2, -0.15) is 0 Å². The number of H-pyrrole nitrogens is 1. The molecule has 1 atom stereocenters. The van der Waals surface area contributed by atoms with Gasteiger partial charge in [0.25, 0.3) is 0 Å². The van der Waals surface area contributed by atoms with Crippen molar-refractivity contribution in [3.8, 4) is 0 Å². The van der Waals surface area contributed by atoms with Crippen molar-refractivity contribution in [2.75, 3.05) is 0 Å². The van der Waals surface area contributed by atoms with E-state index < -0.39 is 0 Å². The number of hydrogen-bond donors (Lipinski definition) is 2. The van der Waals surface area contributed by atoms with Gasteiger partial charge in [-0.1, -0.05) is 25.1 Å². The molecule has 2 nitrogen and oxygen atoms in total. The van der Waals surface area contributed by atoms with Crippen LogP contribution in [0.15, 0.2) is 24.3 Å². The average molecular weight is 242 g/mol. The second-order valence-electron chi connectivity index (χ2n) is 6.40. The Labute approximate surface area is 109 Å². The number of rotatable bonds is 1. The molecular weight excluding hydrogens is 220 g/mol. The molecule has 1 aromatic carbocycles. The molecule has 0 bridgehead atoms. The van der Waals surface area contributed by atoms with Crippen LogP contribution in [-0.4, -0.2) is 10.5 Å². The number of benzene rings is 1. The fourth-order valence-electron chi connectivity index (χ4n) is 3.52. The Hall–Kier alpha value is -1.28. The molecule has 1 unspecified atom stereocenters. The molecule has 0 aliphatic carbocycles. The van der Waals surface area contributed by atoms with Crippen molar-refractivity contribution < 1.29 is 0 Å². The maximum Gasteiger partial charge on any atom is 0.0459 e. The number of hydrogen-bond acceptors (Lipinski definition) is 1. The van der Waals surface area contributed by atoms with Gasteiger partial charge in [0.2, 0.25) is 0 Å². The summed E-state index contributed by atoms with van der Waals surface area (Å²) in [7, 11) is 0. The zero-order valence-electron chi connectivity index (χ0n) is 11.7. The summed E-state index contributed by atoms with van der Waals surface area (Å²) in [5.41, 5.74) is 4.36. The summed E-state index contributed by atoms with van der Waals surface area (Å²) < 4.78 is 0. The molecule has 1 aromatic heterocycles. The van der Waals surface area contributed by atoms with Gasteiger partial charge in [-0.15, -0.1) is 0 Å². The normalized spacial score (nSPS) is 26.2. The monoisotopic (exact) mass is 242 g/mol. The lowest BCUT2D eigenvalue weighted by atomic mass is 9.77. The second kappa shape index (κ2) is 3.61. The van der Waals surface area contributed by atoms with E-state index in [1.807, 2.05) is 0 Å². The molecule has 18 heavy (non-hydrogen) atoms. The first-order valence-corrected chi connectivity index (χ1v) is 6.85. The van der Waals surface area contributed by atoms with Crippen LogP contribution in [0.5, 0.6) is 0 Å². The van der Waals surface area contributed by atoms with Crippen LogP contribution < -0.4 is 5.32 Å². The maximum atomic E-state index is 3.83. The minimum absolute atomic E-state index is 0.0662. The van der Waals surface area contributed by atoms with Crippen LogP contribution >= 0.6 is 0 Å². The molecule has 0 spiro atoms. The summed E-state index contributed by atoms with van der Waals surface area (Å²) in [6.45, 7) is 9.16. The highest BCUT2D eigenvalue weighted by Gasteiger charge is 2.40. The zero-order chi connectivity index (χ0) is 13.0. The lowest BCUT2D eigenvalue weighted by molar-refractivity contribution is 0.218. The zero-order valence-corrected chi connectivity index (χ0v) is 11.7. The van der Waals surface area contributed by atoms with Gasteiger partial charge in [-0.05, 0) is 33.3 Å². The molecular formula is C16H22N2. The molecule has 2 heterocycles. The smallest absolute Gasteiger partial charge is 0.0459 e. The van der Waals surface area contributed by atoms with Gasteiger partial charge in [0.05, 0.1) is 0 Å². The summed E-state index contributed by atoms with van der Waals surface area (Å²) in [5.74, 6) is 0. The minimum Gasteiger partial charge on any atom is -0.358 e. The summed E-state index contributed by atoms with van der Waals surface area (Å²) >= 11 is 0. The van der Waals surface area contributed by atoms with E-state index in [1.165, 1.54) is 22.2 Å². The van der Waals surface area contributed by atoms with Crippen molar-refractivity contribution in [2.24, 2.45) is 0 Å². The van der Waals surface area contributed by atoms with Gasteiger partial charge < -0.3 is 10.3 Å². The Morgan fingerprint density at radius 1 is 1.17 bits per heavy atom. The second-order valence-corrected chi connectivity index (χ2v) is 6.40.